The average Bonchev–Trinajstić information content (AvgIpc) is 2.64. The van der Waals surface area contributed by atoms with Gasteiger partial charge in [0.25, 0.3) is 5.91 Å². The van der Waals surface area contributed by atoms with Crippen LogP contribution in [0.1, 0.15) is 37.5 Å². The fraction of sp³-hybridized carbons (Fsp3) is 0.381. The summed E-state index contributed by atoms with van der Waals surface area (Å²) in [5.41, 5.74) is 1.56. The van der Waals surface area contributed by atoms with E-state index < -0.39 is 6.10 Å². The first kappa shape index (κ1) is 20.0. The van der Waals surface area contributed by atoms with Crippen molar-refractivity contribution in [3.8, 4) is 17.2 Å². The van der Waals surface area contributed by atoms with Gasteiger partial charge in [-0.2, -0.15) is 0 Å². The highest BCUT2D eigenvalue weighted by molar-refractivity contribution is 5.96. The van der Waals surface area contributed by atoms with Gasteiger partial charge in [-0.1, -0.05) is 12.1 Å². The summed E-state index contributed by atoms with van der Waals surface area (Å²) < 4.78 is 5.46. The fourth-order valence-corrected chi connectivity index (χ4v) is 3.20. The molecule has 0 aromatic heterocycles. The molecule has 0 bridgehead atoms. The van der Waals surface area contributed by atoms with Crippen LogP contribution in [0.4, 0.5) is 5.69 Å². The van der Waals surface area contributed by atoms with Crippen LogP contribution in [-0.4, -0.2) is 39.9 Å². The number of amides is 1. The smallest absolute Gasteiger partial charge is 0.262 e. The number of aliphatic hydroxyl groups is 1. The van der Waals surface area contributed by atoms with Crippen molar-refractivity contribution in [1.29, 1.82) is 0 Å². The van der Waals surface area contributed by atoms with Crippen molar-refractivity contribution < 1.29 is 24.9 Å². The van der Waals surface area contributed by atoms with Gasteiger partial charge in [0.2, 0.25) is 0 Å². The van der Waals surface area contributed by atoms with Crippen molar-refractivity contribution in [2.24, 2.45) is 0 Å². The highest BCUT2D eigenvalue weighted by atomic mass is 16.5. The van der Waals surface area contributed by atoms with Crippen LogP contribution in [0, 0.1) is 0 Å². The van der Waals surface area contributed by atoms with Gasteiger partial charge in [-0.3, -0.25) is 4.79 Å². The van der Waals surface area contributed by atoms with Crippen LogP contribution in [0.15, 0.2) is 36.4 Å². The number of aryl methyl sites for hydroxylation is 1. The molecule has 7 nitrogen and oxygen atoms in total. The van der Waals surface area contributed by atoms with Crippen LogP contribution in [0.5, 0.6) is 17.2 Å². The fourth-order valence-electron chi connectivity index (χ4n) is 3.20. The van der Waals surface area contributed by atoms with Crippen LogP contribution in [0.3, 0.4) is 0 Å². The van der Waals surface area contributed by atoms with Gasteiger partial charge in [0.15, 0.2) is 6.61 Å². The summed E-state index contributed by atoms with van der Waals surface area (Å²) in [4.78, 5) is 11.5. The molecule has 5 N–H and O–H groups in total. The normalized spacial score (nSPS) is 14.8. The Hall–Kier alpha value is -2.77. The Bertz CT molecular complexity index is 866. The number of benzene rings is 2. The minimum atomic E-state index is -0.920. The van der Waals surface area contributed by atoms with E-state index >= 15 is 0 Å². The zero-order chi connectivity index (χ0) is 20.3. The average molecular weight is 386 g/mol. The largest absolute Gasteiger partial charge is 0.508 e. The predicted octanol–water partition coefficient (Wildman–Crippen LogP) is 2.46. The number of carbonyl (C=O) groups excluding carboxylic acids is 1. The van der Waals surface area contributed by atoms with E-state index in [-0.39, 0.29) is 36.1 Å². The molecule has 1 aliphatic heterocycles. The summed E-state index contributed by atoms with van der Waals surface area (Å²) in [6, 6.07) is 10.0. The lowest BCUT2D eigenvalue weighted by Crippen LogP contribution is -2.42. The highest BCUT2D eigenvalue weighted by Crippen LogP contribution is 2.38. The van der Waals surface area contributed by atoms with Crippen molar-refractivity contribution in [3.05, 3.63) is 47.5 Å². The number of anilines is 1. The number of carbonyl (C=O) groups is 1. The first-order valence-electron chi connectivity index (χ1n) is 9.24. The molecule has 0 aliphatic carbocycles. The Kier molecular flexibility index (Phi) is 5.76. The molecule has 1 atom stereocenters. The molecule has 0 saturated carbocycles. The van der Waals surface area contributed by atoms with Crippen LogP contribution in [-0.2, 0) is 11.2 Å². The minimum absolute atomic E-state index is 0.0539. The summed E-state index contributed by atoms with van der Waals surface area (Å²) in [6.07, 6.45) is 0.658. The van der Waals surface area contributed by atoms with Gasteiger partial charge >= 0.3 is 0 Å². The van der Waals surface area contributed by atoms with Crippen molar-refractivity contribution >= 4 is 11.6 Å². The van der Waals surface area contributed by atoms with Crippen LogP contribution < -0.4 is 15.4 Å². The zero-order valence-corrected chi connectivity index (χ0v) is 16.0. The lowest BCUT2D eigenvalue weighted by Gasteiger charge is -2.29. The number of fused-ring (bicyclic) bond motifs is 1. The first-order valence-corrected chi connectivity index (χ1v) is 9.24. The van der Waals surface area contributed by atoms with Crippen molar-refractivity contribution in [1.82, 2.24) is 5.32 Å². The molecule has 3 rings (SSSR count). The number of β-amino-alcohol motifs (C(OH)–C–C–N with tert-alkyl or cyclic N) is 1. The van der Waals surface area contributed by atoms with E-state index in [1.807, 2.05) is 26.0 Å². The summed E-state index contributed by atoms with van der Waals surface area (Å²) in [7, 11) is 0. The van der Waals surface area contributed by atoms with E-state index in [9.17, 15) is 20.1 Å². The summed E-state index contributed by atoms with van der Waals surface area (Å²) in [6.45, 7) is 4.20. The van der Waals surface area contributed by atoms with Gasteiger partial charge in [0, 0.05) is 23.7 Å². The maximum atomic E-state index is 11.5. The van der Waals surface area contributed by atoms with Crippen molar-refractivity contribution in [2.45, 2.75) is 38.3 Å². The van der Waals surface area contributed by atoms with Gasteiger partial charge in [-0.05, 0) is 50.5 Å². The second kappa shape index (κ2) is 8.08. The van der Waals surface area contributed by atoms with Crippen molar-refractivity contribution in [3.63, 3.8) is 0 Å². The van der Waals surface area contributed by atoms with Gasteiger partial charge in [-0.25, -0.2) is 0 Å². The molecule has 1 aliphatic rings. The van der Waals surface area contributed by atoms with Crippen LogP contribution in [0.2, 0.25) is 0 Å². The lowest BCUT2D eigenvalue weighted by molar-refractivity contribution is -0.118. The number of ether oxygens (including phenoxy) is 1. The van der Waals surface area contributed by atoms with Gasteiger partial charge in [0.05, 0.1) is 11.8 Å². The minimum Gasteiger partial charge on any atom is -0.508 e. The second-order valence-electron chi connectivity index (χ2n) is 7.70. The van der Waals surface area contributed by atoms with Gasteiger partial charge in [0.1, 0.15) is 17.2 Å². The molecule has 7 heteroatoms. The standard InChI is InChI=1S/C21H26N2O5/c1-21(2,7-6-13-4-3-5-14(24)8-13)22-11-18(26)16-9-15(25)10-17-20(16)28-12-19(27)23-17/h3-5,8-10,18,22,24-26H,6-7,11-12H2,1-2H3,(H,23,27)/t18-/m0/s1. The van der Waals surface area contributed by atoms with E-state index in [1.54, 1.807) is 12.1 Å². The number of phenolic OH excluding ortho intramolecular Hbond substituents is 2. The molecule has 2 aromatic carbocycles. The third-order valence-corrected chi connectivity index (χ3v) is 4.81. The Labute approximate surface area is 164 Å². The topological polar surface area (TPSA) is 111 Å². The van der Waals surface area contributed by atoms with E-state index in [2.05, 4.69) is 10.6 Å². The maximum Gasteiger partial charge on any atom is 0.262 e. The molecular formula is C21H26N2O5. The first-order chi connectivity index (χ1) is 13.2. The number of rotatable bonds is 7. The van der Waals surface area contributed by atoms with Gasteiger partial charge in [-0.15, -0.1) is 0 Å². The predicted molar refractivity (Wildman–Crippen MR) is 106 cm³/mol. The number of nitrogens with one attached hydrogen (secondary N) is 2. The summed E-state index contributed by atoms with van der Waals surface area (Å²) >= 11 is 0. The third-order valence-electron chi connectivity index (χ3n) is 4.81. The van der Waals surface area contributed by atoms with Gasteiger partial charge < -0.3 is 30.7 Å². The Morgan fingerprint density at radius 2 is 2.00 bits per heavy atom. The Balaban J connectivity index is 1.63. The number of hydrogen-bond donors (Lipinski definition) is 5. The molecule has 0 fully saturated rings. The molecule has 0 radical (unpaired) electrons. The molecule has 0 spiro atoms. The van der Waals surface area contributed by atoms with Crippen LogP contribution in [0.25, 0.3) is 0 Å². The third kappa shape index (κ3) is 4.94. The zero-order valence-electron chi connectivity index (χ0n) is 16.0. The van der Waals surface area contributed by atoms with Crippen LogP contribution >= 0.6 is 0 Å². The molecule has 2 aromatic rings. The van der Waals surface area contributed by atoms with E-state index in [4.69, 9.17) is 4.74 Å². The summed E-state index contributed by atoms with van der Waals surface area (Å²) in [5, 5.41) is 36.1. The molecule has 28 heavy (non-hydrogen) atoms. The monoisotopic (exact) mass is 386 g/mol. The SMILES string of the molecule is CC(C)(CCc1cccc(O)c1)NC[C@H](O)c1cc(O)cc2c1OCC(=O)N2. The molecule has 1 heterocycles. The molecule has 0 unspecified atom stereocenters. The Morgan fingerprint density at radius 3 is 2.75 bits per heavy atom. The number of aliphatic hydroxyl groups excluding tert-OH is 1. The highest BCUT2D eigenvalue weighted by Gasteiger charge is 2.26. The molecule has 1 amide bonds. The molecular weight excluding hydrogens is 360 g/mol. The quantitative estimate of drug-likeness (QED) is 0.500. The second-order valence-corrected chi connectivity index (χ2v) is 7.70. The van der Waals surface area contributed by atoms with E-state index in [1.165, 1.54) is 12.1 Å². The lowest BCUT2D eigenvalue weighted by atomic mass is 9.94. The number of aromatic hydroxyl groups is 2. The number of phenols is 2. The van der Waals surface area contributed by atoms with Crippen molar-refractivity contribution in [2.75, 3.05) is 18.5 Å². The molecule has 150 valence electrons. The Morgan fingerprint density at radius 1 is 1.21 bits per heavy atom. The number of hydrogen-bond acceptors (Lipinski definition) is 6. The maximum absolute atomic E-state index is 11.5. The van der Waals surface area contributed by atoms with E-state index in [0.717, 1.165) is 18.4 Å². The molecule has 0 saturated heterocycles. The summed E-state index contributed by atoms with van der Waals surface area (Å²) in [5.74, 6) is 0.273. The van der Waals surface area contributed by atoms with E-state index in [0.29, 0.717) is 17.0 Å².